The van der Waals surface area contributed by atoms with Crippen molar-refractivity contribution in [3.63, 3.8) is 0 Å². The summed E-state index contributed by atoms with van der Waals surface area (Å²) >= 11 is 2.73. The highest BCUT2D eigenvalue weighted by molar-refractivity contribution is 7.22. The summed E-state index contributed by atoms with van der Waals surface area (Å²) in [6.07, 6.45) is -3.64. The van der Waals surface area contributed by atoms with E-state index in [-0.39, 0.29) is 22.9 Å². The molecule has 0 saturated carbocycles. The number of para-hydroxylation sites is 1. The van der Waals surface area contributed by atoms with Crippen LogP contribution in [0.4, 0.5) is 18.3 Å². The first kappa shape index (κ1) is 20.9. The minimum Gasteiger partial charge on any atom is -0.475 e. The van der Waals surface area contributed by atoms with Crippen molar-refractivity contribution in [1.82, 2.24) is 10.3 Å². The number of aromatic nitrogens is 1. The number of amides is 1. The van der Waals surface area contributed by atoms with Gasteiger partial charge in [0, 0.05) is 18.0 Å². The van der Waals surface area contributed by atoms with Gasteiger partial charge in [0.25, 0.3) is 0 Å². The number of carbonyl (C=O) groups excluding carboxylic acids is 1. The van der Waals surface area contributed by atoms with E-state index < -0.39 is 12.8 Å². The van der Waals surface area contributed by atoms with E-state index in [2.05, 4.69) is 15.2 Å². The van der Waals surface area contributed by atoms with E-state index in [4.69, 9.17) is 4.74 Å². The number of hydrogen-bond acceptors (Lipinski definition) is 6. The van der Waals surface area contributed by atoms with Gasteiger partial charge in [-0.2, -0.15) is 13.2 Å². The van der Waals surface area contributed by atoms with Crippen molar-refractivity contribution in [3.05, 3.63) is 41.3 Å². The molecule has 1 aliphatic heterocycles. The van der Waals surface area contributed by atoms with Crippen LogP contribution in [0.5, 0.6) is 5.06 Å². The molecule has 10 heteroatoms. The molecule has 1 N–H and O–H groups in total. The fraction of sp³-hybridized carbons (Fsp3) is 0.400. The topological polar surface area (TPSA) is 54.5 Å². The van der Waals surface area contributed by atoms with Gasteiger partial charge in [-0.1, -0.05) is 23.5 Å². The van der Waals surface area contributed by atoms with Gasteiger partial charge in [0.2, 0.25) is 5.91 Å². The Morgan fingerprint density at radius 1 is 1.30 bits per heavy atom. The summed E-state index contributed by atoms with van der Waals surface area (Å²) in [6, 6.07) is 10.8. The van der Waals surface area contributed by atoms with Crippen LogP contribution in [0.3, 0.4) is 0 Å². The van der Waals surface area contributed by atoms with Crippen molar-refractivity contribution in [3.8, 4) is 5.06 Å². The monoisotopic (exact) mass is 455 g/mol. The molecule has 1 fully saturated rings. The number of thiophene rings is 1. The predicted octanol–water partition coefficient (Wildman–Crippen LogP) is 5.00. The van der Waals surface area contributed by atoms with E-state index in [0.717, 1.165) is 44.5 Å². The van der Waals surface area contributed by atoms with Crippen molar-refractivity contribution in [2.24, 2.45) is 5.92 Å². The van der Waals surface area contributed by atoms with Crippen molar-refractivity contribution >= 4 is 43.9 Å². The third-order valence-electron chi connectivity index (χ3n) is 4.88. The average molecular weight is 456 g/mol. The van der Waals surface area contributed by atoms with Crippen molar-refractivity contribution in [2.45, 2.75) is 25.6 Å². The van der Waals surface area contributed by atoms with Crippen molar-refractivity contribution < 1.29 is 22.7 Å². The number of hydrogen-bond donors (Lipinski definition) is 1. The molecule has 1 unspecified atom stereocenters. The number of fused-ring (bicyclic) bond motifs is 1. The van der Waals surface area contributed by atoms with Gasteiger partial charge in [-0.25, -0.2) is 4.98 Å². The Morgan fingerprint density at radius 3 is 2.87 bits per heavy atom. The maximum absolute atomic E-state index is 12.7. The molecule has 3 heterocycles. The second-order valence-electron chi connectivity index (χ2n) is 7.19. The molecular weight excluding hydrogens is 435 g/mol. The lowest BCUT2D eigenvalue weighted by atomic mass is 10.1. The quantitative estimate of drug-likeness (QED) is 0.568. The molecule has 2 aromatic heterocycles. The average Bonchev–Trinajstić information content (AvgIpc) is 3.44. The Morgan fingerprint density at radius 2 is 2.10 bits per heavy atom. The van der Waals surface area contributed by atoms with Crippen LogP contribution in [-0.4, -0.2) is 36.8 Å². The SMILES string of the molecule is CC(NC(=O)[C@@H]1CCN(c2nc3ccccc3s2)C1)c1ccc(OCC(F)(F)F)s1. The van der Waals surface area contributed by atoms with Crippen LogP contribution < -0.4 is 15.0 Å². The number of thiazole rings is 1. The highest BCUT2D eigenvalue weighted by Gasteiger charge is 2.31. The zero-order valence-corrected chi connectivity index (χ0v) is 17.7. The van der Waals surface area contributed by atoms with Gasteiger partial charge in [0.1, 0.15) is 0 Å². The van der Waals surface area contributed by atoms with Gasteiger partial charge >= 0.3 is 6.18 Å². The minimum atomic E-state index is -4.37. The Balaban J connectivity index is 1.32. The van der Waals surface area contributed by atoms with Crippen LogP contribution in [0.25, 0.3) is 10.2 Å². The van der Waals surface area contributed by atoms with E-state index in [0.29, 0.717) is 6.54 Å². The van der Waals surface area contributed by atoms with Gasteiger partial charge < -0.3 is 15.0 Å². The molecule has 1 saturated heterocycles. The predicted molar refractivity (Wildman–Crippen MR) is 112 cm³/mol. The van der Waals surface area contributed by atoms with Crippen molar-refractivity contribution in [1.29, 1.82) is 0 Å². The summed E-state index contributed by atoms with van der Waals surface area (Å²) in [6.45, 7) is 1.86. The molecule has 0 radical (unpaired) electrons. The smallest absolute Gasteiger partial charge is 0.422 e. The number of halogens is 3. The Kier molecular flexibility index (Phi) is 5.88. The molecule has 1 aromatic carbocycles. The molecule has 1 amide bonds. The fourth-order valence-electron chi connectivity index (χ4n) is 3.34. The molecule has 160 valence electrons. The number of rotatable bonds is 6. The lowest BCUT2D eigenvalue weighted by molar-refractivity contribution is -0.152. The van der Waals surface area contributed by atoms with E-state index in [1.807, 2.05) is 31.2 Å². The third kappa shape index (κ3) is 4.86. The number of nitrogens with zero attached hydrogens (tertiary/aromatic N) is 2. The highest BCUT2D eigenvalue weighted by atomic mass is 32.1. The highest BCUT2D eigenvalue weighted by Crippen LogP contribution is 2.33. The van der Waals surface area contributed by atoms with E-state index in [9.17, 15) is 18.0 Å². The fourth-order valence-corrected chi connectivity index (χ4v) is 5.20. The standard InChI is InChI=1S/C20H20F3N3O2S2/c1-12(15-6-7-17(29-15)28-11-20(21,22)23)24-18(27)13-8-9-26(10-13)19-25-14-4-2-3-5-16(14)30-19/h2-7,12-13H,8-11H2,1H3,(H,24,27)/t12?,13-/m1/s1. The summed E-state index contributed by atoms with van der Waals surface area (Å²) in [5.41, 5.74) is 0.959. The number of nitrogens with one attached hydrogen (secondary N) is 1. The Labute approximate surface area is 179 Å². The van der Waals surface area contributed by atoms with E-state index in [1.165, 1.54) is 6.07 Å². The first-order valence-electron chi connectivity index (χ1n) is 9.49. The number of alkyl halides is 3. The minimum absolute atomic E-state index is 0.0581. The number of anilines is 1. The molecule has 0 bridgehead atoms. The Bertz CT molecular complexity index is 1000. The van der Waals surface area contributed by atoms with Gasteiger partial charge in [-0.3, -0.25) is 4.79 Å². The summed E-state index contributed by atoms with van der Waals surface area (Å²) in [5.74, 6) is -0.211. The van der Waals surface area contributed by atoms with Crippen LogP contribution in [0.2, 0.25) is 0 Å². The first-order chi connectivity index (χ1) is 14.3. The van der Waals surface area contributed by atoms with Crippen LogP contribution in [0.1, 0.15) is 24.3 Å². The van der Waals surface area contributed by atoms with Gasteiger partial charge in [0.15, 0.2) is 16.8 Å². The maximum Gasteiger partial charge on any atom is 0.422 e. The zero-order chi connectivity index (χ0) is 21.3. The number of ether oxygens (including phenoxy) is 1. The summed E-state index contributed by atoms with van der Waals surface area (Å²) in [5, 5.41) is 4.08. The van der Waals surface area contributed by atoms with Crippen LogP contribution in [-0.2, 0) is 4.79 Å². The summed E-state index contributed by atoms with van der Waals surface area (Å²) < 4.78 is 42.7. The van der Waals surface area contributed by atoms with Crippen LogP contribution in [0.15, 0.2) is 36.4 Å². The summed E-state index contributed by atoms with van der Waals surface area (Å²) in [7, 11) is 0. The Hall–Kier alpha value is -2.33. The van der Waals surface area contributed by atoms with Gasteiger partial charge in [0.05, 0.1) is 22.2 Å². The lowest BCUT2D eigenvalue weighted by Crippen LogP contribution is -2.34. The normalized spacial score (nSPS) is 18.0. The molecule has 2 atom stereocenters. The molecular formula is C20H20F3N3O2S2. The molecule has 0 aliphatic carbocycles. The molecule has 30 heavy (non-hydrogen) atoms. The van der Waals surface area contributed by atoms with Gasteiger partial charge in [-0.15, -0.1) is 11.3 Å². The number of carbonyl (C=O) groups is 1. The molecule has 3 aromatic rings. The molecule has 0 spiro atoms. The maximum atomic E-state index is 12.7. The van der Waals surface area contributed by atoms with Crippen LogP contribution in [0, 0.1) is 5.92 Å². The second-order valence-corrected chi connectivity index (χ2v) is 9.27. The second kappa shape index (κ2) is 8.43. The lowest BCUT2D eigenvalue weighted by Gasteiger charge is -2.17. The number of benzene rings is 1. The van der Waals surface area contributed by atoms with Gasteiger partial charge in [-0.05, 0) is 37.6 Å². The first-order valence-corrected chi connectivity index (χ1v) is 11.1. The van der Waals surface area contributed by atoms with E-state index >= 15 is 0 Å². The zero-order valence-electron chi connectivity index (χ0n) is 16.1. The molecule has 4 rings (SSSR count). The molecule has 5 nitrogen and oxygen atoms in total. The van der Waals surface area contributed by atoms with Crippen LogP contribution >= 0.6 is 22.7 Å². The van der Waals surface area contributed by atoms with Crippen molar-refractivity contribution in [2.75, 3.05) is 24.6 Å². The van der Waals surface area contributed by atoms with E-state index in [1.54, 1.807) is 17.4 Å². The largest absolute Gasteiger partial charge is 0.475 e. The third-order valence-corrected chi connectivity index (χ3v) is 7.16. The summed E-state index contributed by atoms with van der Waals surface area (Å²) in [4.78, 5) is 20.3. The molecule has 1 aliphatic rings.